The molecule has 2 aromatic carbocycles. The Morgan fingerprint density at radius 1 is 1.09 bits per heavy atom. The highest BCUT2D eigenvalue weighted by Crippen LogP contribution is 2.16. The molecule has 0 saturated carbocycles. The third-order valence-electron chi connectivity index (χ3n) is 3.32. The Balaban J connectivity index is 1.87. The Labute approximate surface area is 131 Å². The summed E-state index contributed by atoms with van der Waals surface area (Å²) in [6.07, 6.45) is 0. The van der Waals surface area contributed by atoms with Crippen molar-refractivity contribution in [1.82, 2.24) is 5.32 Å². The molecule has 4 nitrogen and oxygen atoms in total. The van der Waals surface area contributed by atoms with Crippen LogP contribution in [0.3, 0.4) is 0 Å². The van der Waals surface area contributed by atoms with E-state index in [2.05, 4.69) is 10.6 Å². The fourth-order valence-electron chi connectivity index (χ4n) is 2.17. The zero-order chi connectivity index (χ0) is 15.9. The average molecular weight is 298 g/mol. The summed E-state index contributed by atoms with van der Waals surface area (Å²) >= 11 is 0. The highest BCUT2D eigenvalue weighted by molar-refractivity contribution is 5.90. The Kier molecular flexibility index (Phi) is 5.42. The van der Waals surface area contributed by atoms with Crippen LogP contribution < -0.4 is 15.4 Å². The van der Waals surface area contributed by atoms with E-state index >= 15 is 0 Å². The van der Waals surface area contributed by atoms with Gasteiger partial charge in [0.2, 0.25) is 0 Å². The zero-order valence-corrected chi connectivity index (χ0v) is 13.3. The van der Waals surface area contributed by atoms with Crippen molar-refractivity contribution in [1.29, 1.82) is 0 Å². The van der Waals surface area contributed by atoms with Gasteiger partial charge in [0.1, 0.15) is 5.75 Å². The van der Waals surface area contributed by atoms with E-state index in [1.807, 2.05) is 63.2 Å². The fraction of sp³-hybridized carbons (Fsp3) is 0.278. The molecular weight excluding hydrogens is 276 g/mol. The number of benzene rings is 2. The first-order chi connectivity index (χ1) is 10.6. The number of nitrogens with one attached hydrogen (secondary N) is 2. The Morgan fingerprint density at radius 2 is 1.82 bits per heavy atom. The minimum atomic E-state index is -0.208. The first kappa shape index (κ1) is 15.9. The summed E-state index contributed by atoms with van der Waals surface area (Å²) in [6, 6.07) is 13.4. The molecule has 0 bridgehead atoms. The molecule has 4 heteroatoms. The van der Waals surface area contributed by atoms with Gasteiger partial charge in [-0.25, -0.2) is 4.79 Å². The molecule has 0 fully saturated rings. The van der Waals surface area contributed by atoms with Gasteiger partial charge in [-0.2, -0.15) is 0 Å². The molecule has 2 aromatic rings. The molecule has 0 saturated heterocycles. The van der Waals surface area contributed by atoms with E-state index in [4.69, 9.17) is 4.74 Å². The van der Waals surface area contributed by atoms with Crippen LogP contribution in [0.15, 0.2) is 42.5 Å². The van der Waals surface area contributed by atoms with Gasteiger partial charge in [0.05, 0.1) is 6.61 Å². The van der Waals surface area contributed by atoms with Gasteiger partial charge in [-0.3, -0.25) is 0 Å². The number of hydrogen-bond donors (Lipinski definition) is 2. The molecule has 0 spiro atoms. The summed E-state index contributed by atoms with van der Waals surface area (Å²) in [7, 11) is 0. The first-order valence-corrected chi connectivity index (χ1v) is 7.42. The summed E-state index contributed by atoms with van der Waals surface area (Å²) in [5, 5.41) is 5.71. The molecule has 2 rings (SSSR count). The number of anilines is 1. The molecule has 0 aliphatic heterocycles. The molecule has 0 aromatic heterocycles. The van der Waals surface area contributed by atoms with Crippen LogP contribution in [0.25, 0.3) is 0 Å². The fourth-order valence-corrected chi connectivity index (χ4v) is 2.17. The Morgan fingerprint density at radius 3 is 2.45 bits per heavy atom. The van der Waals surface area contributed by atoms with E-state index < -0.39 is 0 Å². The molecule has 22 heavy (non-hydrogen) atoms. The molecule has 2 amide bonds. The van der Waals surface area contributed by atoms with Crippen LogP contribution in [0.2, 0.25) is 0 Å². The van der Waals surface area contributed by atoms with Crippen LogP contribution in [0.5, 0.6) is 5.75 Å². The van der Waals surface area contributed by atoms with Crippen molar-refractivity contribution in [3.63, 3.8) is 0 Å². The van der Waals surface area contributed by atoms with E-state index in [1.165, 1.54) is 5.56 Å². The summed E-state index contributed by atoms with van der Waals surface area (Å²) in [5.74, 6) is 0.839. The lowest BCUT2D eigenvalue weighted by Crippen LogP contribution is -2.28. The van der Waals surface area contributed by atoms with Gasteiger partial charge in [0.25, 0.3) is 0 Å². The minimum Gasteiger partial charge on any atom is -0.494 e. The second-order valence-corrected chi connectivity index (χ2v) is 5.20. The van der Waals surface area contributed by atoms with Crippen LogP contribution in [0.4, 0.5) is 10.5 Å². The maximum atomic E-state index is 11.9. The number of rotatable bonds is 5. The molecule has 116 valence electrons. The minimum absolute atomic E-state index is 0.208. The number of ether oxygens (including phenoxy) is 1. The lowest BCUT2D eigenvalue weighted by molar-refractivity contribution is 0.251. The Bertz CT molecular complexity index is 636. The summed E-state index contributed by atoms with van der Waals surface area (Å²) in [6.45, 7) is 7.09. The highest BCUT2D eigenvalue weighted by Gasteiger charge is 2.04. The van der Waals surface area contributed by atoms with E-state index in [1.54, 1.807) is 0 Å². The van der Waals surface area contributed by atoms with Crippen molar-refractivity contribution in [3.05, 3.63) is 59.2 Å². The molecule has 0 aliphatic rings. The van der Waals surface area contributed by atoms with Crippen LogP contribution >= 0.6 is 0 Å². The van der Waals surface area contributed by atoms with Gasteiger partial charge in [-0.1, -0.05) is 29.8 Å². The second-order valence-electron chi connectivity index (χ2n) is 5.20. The van der Waals surface area contributed by atoms with E-state index in [0.717, 1.165) is 22.6 Å². The third kappa shape index (κ3) is 4.52. The average Bonchev–Trinajstić information content (AvgIpc) is 2.50. The highest BCUT2D eigenvalue weighted by atomic mass is 16.5. The third-order valence-corrected chi connectivity index (χ3v) is 3.32. The summed E-state index contributed by atoms with van der Waals surface area (Å²) in [5.41, 5.74) is 4.09. The maximum absolute atomic E-state index is 11.9. The van der Waals surface area contributed by atoms with Gasteiger partial charge >= 0.3 is 6.03 Å². The quantitative estimate of drug-likeness (QED) is 0.875. The van der Waals surface area contributed by atoms with Crippen molar-refractivity contribution in [3.8, 4) is 5.75 Å². The number of hydrogen-bond acceptors (Lipinski definition) is 2. The smallest absolute Gasteiger partial charge is 0.319 e. The monoisotopic (exact) mass is 298 g/mol. The number of carbonyl (C=O) groups excluding carboxylic acids is 1. The lowest BCUT2D eigenvalue weighted by Gasteiger charge is -2.11. The standard InChI is InChI=1S/C18H22N2O2/c1-4-22-16-8-6-15(7-9-16)12-19-18(21)20-17-10-5-13(2)11-14(17)3/h5-11H,4,12H2,1-3H3,(H2,19,20,21). The maximum Gasteiger partial charge on any atom is 0.319 e. The zero-order valence-electron chi connectivity index (χ0n) is 13.3. The topological polar surface area (TPSA) is 50.4 Å². The second kappa shape index (κ2) is 7.50. The van der Waals surface area contributed by atoms with Gasteiger partial charge in [-0.15, -0.1) is 0 Å². The van der Waals surface area contributed by atoms with Gasteiger partial charge in [0.15, 0.2) is 0 Å². The number of urea groups is 1. The van der Waals surface area contributed by atoms with Crippen molar-refractivity contribution in [2.45, 2.75) is 27.3 Å². The van der Waals surface area contributed by atoms with Crippen LogP contribution in [0, 0.1) is 13.8 Å². The number of carbonyl (C=O) groups is 1. The molecule has 0 atom stereocenters. The van der Waals surface area contributed by atoms with Crippen molar-refractivity contribution in [2.24, 2.45) is 0 Å². The molecule has 0 radical (unpaired) electrons. The number of amides is 2. The van der Waals surface area contributed by atoms with Crippen molar-refractivity contribution < 1.29 is 9.53 Å². The predicted molar refractivity (Wildman–Crippen MR) is 89.4 cm³/mol. The van der Waals surface area contributed by atoms with E-state index in [-0.39, 0.29) is 6.03 Å². The van der Waals surface area contributed by atoms with Gasteiger partial charge in [0, 0.05) is 12.2 Å². The van der Waals surface area contributed by atoms with Gasteiger partial charge in [-0.05, 0) is 50.1 Å². The Hall–Kier alpha value is -2.49. The van der Waals surface area contributed by atoms with Crippen LogP contribution in [0.1, 0.15) is 23.6 Å². The van der Waals surface area contributed by atoms with E-state index in [0.29, 0.717) is 13.2 Å². The van der Waals surface area contributed by atoms with Crippen molar-refractivity contribution >= 4 is 11.7 Å². The summed E-state index contributed by atoms with van der Waals surface area (Å²) < 4.78 is 5.39. The molecule has 0 aliphatic carbocycles. The first-order valence-electron chi connectivity index (χ1n) is 7.42. The number of aryl methyl sites for hydroxylation is 2. The van der Waals surface area contributed by atoms with Crippen LogP contribution in [-0.2, 0) is 6.54 Å². The molecule has 2 N–H and O–H groups in total. The van der Waals surface area contributed by atoms with Gasteiger partial charge < -0.3 is 15.4 Å². The molecule has 0 unspecified atom stereocenters. The molecular formula is C18H22N2O2. The normalized spacial score (nSPS) is 10.1. The van der Waals surface area contributed by atoms with Crippen molar-refractivity contribution in [2.75, 3.05) is 11.9 Å². The molecule has 0 heterocycles. The van der Waals surface area contributed by atoms with Crippen LogP contribution in [-0.4, -0.2) is 12.6 Å². The predicted octanol–water partition coefficient (Wildman–Crippen LogP) is 4.02. The summed E-state index contributed by atoms with van der Waals surface area (Å²) in [4.78, 5) is 11.9. The largest absolute Gasteiger partial charge is 0.494 e. The van der Waals surface area contributed by atoms with E-state index in [9.17, 15) is 4.79 Å². The SMILES string of the molecule is CCOc1ccc(CNC(=O)Nc2ccc(C)cc2C)cc1. The lowest BCUT2D eigenvalue weighted by atomic mass is 10.1.